The number of hydrogen-bond donors (Lipinski definition) is 3. The van der Waals surface area contributed by atoms with Crippen LogP contribution in [0.4, 0.5) is 0 Å². The van der Waals surface area contributed by atoms with Gasteiger partial charge in [-0.25, -0.2) is 9.59 Å². The molecule has 2 heterocycles. The Morgan fingerprint density at radius 2 is 1.56 bits per heavy atom. The van der Waals surface area contributed by atoms with Gasteiger partial charge in [0.1, 0.15) is 0 Å². The number of likely N-dealkylation sites (tertiary alicyclic amines) is 1. The molecular weight excluding hydrogens is 412 g/mol. The highest BCUT2D eigenvalue weighted by atomic mass is 79.9. The van der Waals surface area contributed by atoms with Crippen molar-refractivity contribution in [3.63, 3.8) is 0 Å². The zero-order valence-electron chi connectivity index (χ0n) is 15.7. The molecule has 2 fully saturated rings. The number of nitrogens with zero attached hydrogens (tertiary/aromatic N) is 1. The zero-order valence-corrected chi connectivity index (χ0v) is 17.3. The van der Waals surface area contributed by atoms with E-state index in [2.05, 4.69) is 64.3 Å². The Morgan fingerprint density at radius 3 is 2.00 bits per heavy atom. The summed E-state index contributed by atoms with van der Waals surface area (Å²) in [4.78, 5) is 21.8. The molecule has 0 aliphatic carbocycles. The number of aliphatic carboxylic acids is 2. The quantitative estimate of drug-likeness (QED) is 0.626. The SMILES string of the molecule is CC12CNCC(C)(CN(Cc3ccc(Br)cc3)C1)C2.O=C(O)/C=C/C(=O)O. The topological polar surface area (TPSA) is 89.9 Å². The number of nitrogens with one attached hydrogen (secondary N) is 1. The Bertz CT molecular complexity index is 672. The van der Waals surface area contributed by atoms with Gasteiger partial charge in [0.25, 0.3) is 0 Å². The van der Waals surface area contributed by atoms with Crippen molar-refractivity contribution < 1.29 is 19.8 Å². The molecule has 0 radical (unpaired) electrons. The molecule has 3 rings (SSSR count). The highest BCUT2D eigenvalue weighted by molar-refractivity contribution is 9.10. The average Bonchev–Trinajstić information content (AvgIpc) is 2.54. The molecule has 2 unspecified atom stereocenters. The highest BCUT2D eigenvalue weighted by Gasteiger charge is 2.45. The summed E-state index contributed by atoms with van der Waals surface area (Å²) in [6.07, 6.45) is 2.48. The van der Waals surface area contributed by atoms with Crippen molar-refractivity contribution in [2.75, 3.05) is 26.2 Å². The predicted octanol–water partition coefficient (Wildman–Crippen LogP) is 2.98. The minimum absolute atomic E-state index is 0.445. The van der Waals surface area contributed by atoms with Crippen LogP contribution in [-0.2, 0) is 16.1 Å². The summed E-state index contributed by atoms with van der Waals surface area (Å²) in [5, 5.41) is 19.3. The molecule has 7 heteroatoms. The lowest BCUT2D eigenvalue weighted by Crippen LogP contribution is -2.60. The monoisotopic (exact) mass is 438 g/mol. The molecular formula is C20H27BrN2O4. The number of piperidine rings is 2. The number of halogens is 1. The zero-order chi connectivity index (χ0) is 20.1. The molecule has 0 spiro atoms. The molecule has 3 N–H and O–H groups in total. The first-order valence-corrected chi connectivity index (χ1v) is 9.70. The standard InChI is InChI=1S/C16H23BrN2.C4H4O4/c1-15-8-16(2,10-18-9-15)12-19(11-15)7-13-3-5-14(17)6-4-13;5-3(6)1-2-4(7)8/h3-6,18H,7-12H2,1-2H3;1-2H,(H,5,6)(H,7,8)/b;2-1+. The van der Waals surface area contributed by atoms with Crippen LogP contribution in [0, 0.1) is 10.8 Å². The molecule has 2 aliphatic rings. The van der Waals surface area contributed by atoms with Gasteiger partial charge in [0.05, 0.1) is 0 Å². The van der Waals surface area contributed by atoms with Gasteiger partial charge in [-0.05, 0) is 34.9 Å². The Labute approximate surface area is 168 Å². The molecule has 2 saturated heterocycles. The van der Waals surface area contributed by atoms with E-state index in [0.717, 1.165) is 11.0 Å². The van der Waals surface area contributed by atoms with E-state index in [1.807, 2.05) is 0 Å². The van der Waals surface area contributed by atoms with E-state index in [9.17, 15) is 9.59 Å². The number of hydrogen-bond acceptors (Lipinski definition) is 4. The van der Waals surface area contributed by atoms with Crippen LogP contribution in [0.15, 0.2) is 40.9 Å². The Kier molecular flexibility index (Phi) is 7.19. The first-order valence-electron chi connectivity index (χ1n) is 8.91. The van der Waals surface area contributed by atoms with E-state index >= 15 is 0 Å². The molecule has 6 nitrogen and oxygen atoms in total. The molecule has 0 saturated carbocycles. The fourth-order valence-corrected chi connectivity index (χ4v) is 4.55. The van der Waals surface area contributed by atoms with Gasteiger partial charge in [0.15, 0.2) is 0 Å². The van der Waals surface area contributed by atoms with Gasteiger partial charge in [0, 0.05) is 49.3 Å². The van der Waals surface area contributed by atoms with Crippen molar-refractivity contribution in [1.82, 2.24) is 10.2 Å². The smallest absolute Gasteiger partial charge is 0.328 e. The summed E-state index contributed by atoms with van der Waals surface area (Å²) in [6.45, 7) is 10.7. The number of carboxylic acids is 2. The fourth-order valence-electron chi connectivity index (χ4n) is 4.28. The van der Waals surface area contributed by atoms with Crippen LogP contribution in [-0.4, -0.2) is 53.2 Å². The maximum Gasteiger partial charge on any atom is 0.328 e. The maximum atomic E-state index is 9.55. The van der Waals surface area contributed by atoms with Crippen molar-refractivity contribution in [1.29, 1.82) is 0 Å². The lowest BCUT2D eigenvalue weighted by atomic mass is 9.66. The van der Waals surface area contributed by atoms with E-state index in [1.165, 1.54) is 38.2 Å². The van der Waals surface area contributed by atoms with Gasteiger partial charge < -0.3 is 15.5 Å². The first kappa shape index (κ1) is 21.6. The van der Waals surface area contributed by atoms with Crippen LogP contribution in [0.2, 0.25) is 0 Å². The van der Waals surface area contributed by atoms with Crippen LogP contribution in [0.1, 0.15) is 25.8 Å². The summed E-state index contributed by atoms with van der Waals surface area (Å²) in [5.41, 5.74) is 2.31. The minimum Gasteiger partial charge on any atom is -0.478 e. The van der Waals surface area contributed by atoms with E-state index in [-0.39, 0.29) is 0 Å². The molecule has 27 heavy (non-hydrogen) atoms. The largest absolute Gasteiger partial charge is 0.478 e. The molecule has 0 amide bonds. The third kappa shape index (κ3) is 7.08. The minimum atomic E-state index is -1.26. The van der Waals surface area contributed by atoms with Crippen LogP contribution < -0.4 is 5.32 Å². The number of fused-ring (bicyclic) bond motifs is 2. The van der Waals surface area contributed by atoms with Gasteiger partial charge in [-0.15, -0.1) is 0 Å². The highest BCUT2D eigenvalue weighted by Crippen LogP contribution is 2.42. The summed E-state index contributed by atoms with van der Waals surface area (Å²) in [7, 11) is 0. The summed E-state index contributed by atoms with van der Waals surface area (Å²) < 4.78 is 1.16. The van der Waals surface area contributed by atoms with Crippen molar-refractivity contribution in [2.24, 2.45) is 10.8 Å². The second-order valence-corrected chi connectivity index (χ2v) is 9.10. The lowest BCUT2D eigenvalue weighted by molar-refractivity contribution is -0.134. The number of rotatable bonds is 4. The van der Waals surface area contributed by atoms with Gasteiger partial charge in [-0.1, -0.05) is 41.9 Å². The molecule has 1 aromatic carbocycles. The summed E-state index contributed by atoms with van der Waals surface area (Å²) in [5.74, 6) is -2.51. The van der Waals surface area contributed by atoms with E-state index in [4.69, 9.17) is 10.2 Å². The van der Waals surface area contributed by atoms with Gasteiger partial charge >= 0.3 is 11.9 Å². The molecule has 2 aliphatic heterocycles. The van der Waals surface area contributed by atoms with Crippen molar-refractivity contribution in [3.05, 3.63) is 46.5 Å². The van der Waals surface area contributed by atoms with E-state index in [1.54, 1.807) is 0 Å². The van der Waals surface area contributed by atoms with Gasteiger partial charge in [-0.2, -0.15) is 0 Å². The molecule has 1 aromatic rings. The van der Waals surface area contributed by atoms with Crippen LogP contribution in [0.25, 0.3) is 0 Å². The molecule has 0 aromatic heterocycles. The van der Waals surface area contributed by atoms with Crippen molar-refractivity contribution in [2.45, 2.75) is 26.8 Å². The van der Waals surface area contributed by atoms with Crippen LogP contribution in [0.3, 0.4) is 0 Å². The Morgan fingerprint density at radius 1 is 1.07 bits per heavy atom. The summed E-state index contributed by atoms with van der Waals surface area (Å²) in [6, 6.07) is 8.75. The fraction of sp³-hybridized carbons (Fsp3) is 0.500. The van der Waals surface area contributed by atoms with Crippen molar-refractivity contribution >= 4 is 27.9 Å². The second-order valence-electron chi connectivity index (χ2n) is 8.18. The predicted molar refractivity (Wildman–Crippen MR) is 108 cm³/mol. The van der Waals surface area contributed by atoms with Gasteiger partial charge in [0.2, 0.25) is 0 Å². The third-order valence-electron chi connectivity index (χ3n) is 4.86. The third-order valence-corrected chi connectivity index (χ3v) is 5.38. The van der Waals surface area contributed by atoms with Crippen LogP contribution in [0.5, 0.6) is 0 Å². The Balaban J connectivity index is 0.000000279. The second kappa shape index (κ2) is 8.99. The van der Waals surface area contributed by atoms with Crippen molar-refractivity contribution in [3.8, 4) is 0 Å². The molecule has 2 atom stereocenters. The number of benzene rings is 1. The lowest BCUT2D eigenvalue weighted by Gasteiger charge is -2.54. The molecule has 2 bridgehead atoms. The normalized spacial score (nSPS) is 27.7. The van der Waals surface area contributed by atoms with Crippen LogP contribution >= 0.6 is 15.9 Å². The Hall–Kier alpha value is -1.70. The maximum absolute atomic E-state index is 9.55. The average molecular weight is 439 g/mol. The van der Waals surface area contributed by atoms with E-state index < -0.39 is 11.9 Å². The first-order chi connectivity index (χ1) is 12.6. The van der Waals surface area contributed by atoms with Gasteiger partial charge in [-0.3, -0.25) is 4.90 Å². The number of carbonyl (C=O) groups is 2. The molecule has 148 valence electrons. The number of carboxylic acid groups (broad SMARTS) is 2. The summed E-state index contributed by atoms with van der Waals surface area (Å²) >= 11 is 3.51. The van der Waals surface area contributed by atoms with E-state index in [0.29, 0.717) is 23.0 Å².